The molecule has 0 saturated carbocycles. The average molecular weight is 441 g/mol. The first-order chi connectivity index (χ1) is 14.9. The minimum Gasteiger partial charge on any atom is -0.493 e. The van der Waals surface area contributed by atoms with Gasteiger partial charge in [0.2, 0.25) is 5.95 Å². The molecule has 0 fully saturated rings. The molecule has 31 heavy (non-hydrogen) atoms. The number of benzene rings is 2. The highest BCUT2D eigenvalue weighted by Crippen LogP contribution is 2.30. The highest BCUT2D eigenvalue weighted by Gasteiger charge is 2.16. The van der Waals surface area contributed by atoms with E-state index in [-0.39, 0.29) is 12.5 Å². The van der Waals surface area contributed by atoms with E-state index in [0.717, 1.165) is 16.8 Å². The summed E-state index contributed by atoms with van der Waals surface area (Å²) in [6.45, 7) is 3.97. The summed E-state index contributed by atoms with van der Waals surface area (Å²) in [6, 6.07) is 10.4. The van der Waals surface area contributed by atoms with E-state index in [1.165, 1.54) is 7.11 Å². The van der Waals surface area contributed by atoms with Gasteiger partial charge in [-0.1, -0.05) is 16.8 Å². The second-order valence-electron chi connectivity index (χ2n) is 7.04. The lowest BCUT2D eigenvalue weighted by atomic mass is 10.2. The fourth-order valence-corrected chi connectivity index (χ4v) is 3.41. The third kappa shape index (κ3) is 4.06. The molecule has 1 amide bonds. The van der Waals surface area contributed by atoms with Gasteiger partial charge in [-0.2, -0.15) is 0 Å². The van der Waals surface area contributed by atoms with Crippen molar-refractivity contribution in [3.63, 3.8) is 0 Å². The first-order valence-electron chi connectivity index (χ1n) is 9.53. The van der Waals surface area contributed by atoms with Gasteiger partial charge in [-0.25, -0.2) is 4.98 Å². The molecule has 0 bridgehead atoms. The quantitative estimate of drug-likeness (QED) is 0.468. The van der Waals surface area contributed by atoms with Crippen molar-refractivity contribution in [2.75, 3.05) is 12.4 Å². The third-order valence-corrected chi connectivity index (χ3v) is 5.28. The van der Waals surface area contributed by atoms with Crippen LogP contribution in [-0.4, -0.2) is 27.7 Å². The van der Waals surface area contributed by atoms with Gasteiger partial charge in [-0.05, 0) is 50.2 Å². The standard InChI is InChI=1S/C22H21ClN4O4/c1-12-16(13(2)31-26-12)11-30-19-8-5-14(9-20(19)29-4)21(28)25-22-24-17-10-15(23)6-7-18(17)27(22)3/h5-10H,11H2,1-4H3,(H,24,25,28). The molecule has 0 unspecified atom stereocenters. The van der Waals surface area contributed by atoms with Gasteiger partial charge in [0.25, 0.3) is 5.91 Å². The van der Waals surface area contributed by atoms with Crippen LogP contribution in [0.1, 0.15) is 27.4 Å². The van der Waals surface area contributed by atoms with Crippen molar-refractivity contribution >= 4 is 34.5 Å². The van der Waals surface area contributed by atoms with Gasteiger partial charge < -0.3 is 18.6 Å². The SMILES string of the molecule is COc1cc(C(=O)Nc2nc3cc(Cl)ccc3n2C)ccc1OCc1c(C)noc1C. The number of carbonyl (C=O) groups excluding carboxylic acids is 1. The van der Waals surface area contributed by atoms with E-state index in [1.54, 1.807) is 34.9 Å². The normalized spacial score (nSPS) is 11.0. The van der Waals surface area contributed by atoms with Gasteiger partial charge in [0.15, 0.2) is 11.5 Å². The monoisotopic (exact) mass is 440 g/mol. The molecule has 0 atom stereocenters. The van der Waals surface area contributed by atoms with Crippen LogP contribution in [0.15, 0.2) is 40.9 Å². The van der Waals surface area contributed by atoms with Crippen molar-refractivity contribution in [2.24, 2.45) is 7.05 Å². The molecule has 1 N–H and O–H groups in total. The van der Waals surface area contributed by atoms with Crippen LogP contribution in [0.25, 0.3) is 11.0 Å². The molecule has 0 aliphatic heterocycles. The van der Waals surface area contributed by atoms with Crippen molar-refractivity contribution in [2.45, 2.75) is 20.5 Å². The highest BCUT2D eigenvalue weighted by atomic mass is 35.5. The lowest BCUT2D eigenvalue weighted by Gasteiger charge is -2.12. The van der Waals surface area contributed by atoms with Gasteiger partial charge in [0.1, 0.15) is 12.4 Å². The zero-order chi connectivity index (χ0) is 22.1. The summed E-state index contributed by atoms with van der Waals surface area (Å²) in [4.78, 5) is 17.3. The predicted octanol–water partition coefficient (Wildman–Crippen LogP) is 4.67. The number of halogens is 1. The number of aryl methyl sites for hydroxylation is 3. The zero-order valence-electron chi connectivity index (χ0n) is 17.5. The maximum atomic E-state index is 12.8. The van der Waals surface area contributed by atoms with Crippen LogP contribution in [0, 0.1) is 13.8 Å². The van der Waals surface area contributed by atoms with Crippen LogP contribution in [0.2, 0.25) is 5.02 Å². The fourth-order valence-electron chi connectivity index (χ4n) is 3.24. The Kier molecular flexibility index (Phi) is 5.56. The Morgan fingerprint density at radius 2 is 2.00 bits per heavy atom. The van der Waals surface area contributed by atoms with Gasteiger partial charge in [0, 0.05) is 17.6 Å². The molecule has 0 saturated heterocycles. The summed E-state index contributed by atoms with van der Waals surface area (Å²) in [7, 11) is 3.35. The number of fused-ring (bicyclic) bond motifs is 1. The summed E-state index contributed by atoms with van der Waals surface area (Å²) in [6.07, 6.45) is 0. The Balaban J connectivity index is 1.53. The lowest BCUT2D eigenvalue weighted by molar-refractivity contribution is 0.102. The first kappa shape index (κ1) is 20.7. The Labute approximate surface area is 183 Å². The predicted molar refractivity (Wildman–Crippen MR) is 117 cm³/mol. The summed E-state index contributed by atoms with van der Waals surface area (Å²) in [5, 5.41) is 7.33. The number of hydrogen-bond acceptors (Lipinski definition) is 6. The molecule has 2 aromatic carbocycles. The number of methoxy groups -OCH3 is 1. The highest BCUT2D eigenvalue weighted by molar-refractivity contribution is 6.31. The molecule has 2 aromatic heterocycles. The van der Waals surface area contributed by atoms with Crippen molar-refractivity contribution in [3.05, 3.63) is 64.0 Å². The topological polar surface area (TPSA) is 91.4 Å². The Morgan fingerprint density at radius 1 is 1.19 bits per heavy atom. The largest absolute Gasteiger partial charge is 0.493 e. The number of amides is 1. The second kappa shape index (κ2) is 8.31. The number of imidazole rings is 1. The van der Waals surface area contributed by atoms with Gasteiger partial charge in [-0.3, -0.25) is 10.1 Å². The number of anilines is 1. The molecule has 0 radical (unpaired) electrons. The van der Waals surface area contributed by atoms with Crippen molar-refractivity contribution < 1.29 is 18.8 Å². The van der Waals surface area contributed by atoms with Gasteiger partial charge >= 0.3 is 0 Å². The Hall–Kier alpha value is -3.52. The number of ether oxygens (including phenoxy) is 2. The maximum Gasteiger partial charge on any atom is 0.258 e. The van der Waals surface area contributed by atoms with Crippen LogP contribution < -0.4 is 14.8 Å². The molecule has 0 aliphatic carbocycles. The van der Waals surface area contributed by atoms with Crippen molar-refractivity contribution in [3.8, 4) is 11.5 Å². The first-order valence-corrected chi connectivity index (χ1v) is 9.91. The summed E-state index contributed by atoms with van der Waals surface area (Å²) < 4.78 is 18.2. The number of aromatic nitrogens is 3. The van der Waals surface area contributed by atoms with Crippen LogP contribution >= 0.6 is 11.6 Å². The van der Waals surface area contributed by atoms with Crippen LogP contribution in [0.3, 0.4) is 0 Å². The Bertz CT molecular complexity index is 1260. The third-order valence-electron chi connectivity index (χ3n) is 5.05. The van der Waals surface area contributed by atoms with Crippen LogP contribution in [-0.2, 0) is 13.7 Å². The van der Waals surface area contributed by atoms with E-state index in [1.807, 2.05) is 27.0 Å². The molecular formula is C22H21ClN4O4. The summed E-state index contributed by atoms with van der Waals surface area (Å²) in [5.41, 5.74) is 3.62. The molecule has 4 aromatic rings. The summed E-state index contributed by atoms with van der Waals surface area (Å²) >= 11 is 6.03. The van der Waals surface area contributed by atoms with E-state index in [9.17, 15) is 4.79 Å². The lowest BCUT2D eigenvalue weighted by Crippen LogP contribution is -2.15. The minimum absolute atomic E-state index is 0.283. The molecule has 4 rings (SSSR count). The average Bonchev–Trinajstić information content (AvgIpc) is 3.24. The smallest absolute Gasteiger partial charge is 0.258 e. The second-order valence-corrected chi connectivity index (χ2v) is 7.48. The number of nitrogens with zero attached hydrogens (tertiary/aromatic N) is 3. The number of nitrogens with one attached hydrogen (secondary N) is 1. The molecule has 0 aliphatic rings. The van der Waals surface area contributed by atoms with E-state index in [2.05, 4.69) is 15.5 Å². The van der Waals surface area contributed by atoms with Crippen LogP contribution in [0.4, 0.5) is 5.95 Å². The van der Waals surface area contributed by atoms with E-state index in [0.29, 0.717) is 39.3 Å². The zero-order valence-corrected chi connectivity index (χ0v) is 18.3. The molecule has 8 nitrogen and oxygen atoms in total. The van der Waals surface area contributed by atoms with Crippen molar-refractivity contribution in [1.82, 2.24) is 14.7 Å². The van der Waals surface area contributed by atoms with E-state index >= 15 is 0 Å². The number of hydrogen-bond donors (Lipinski definition) is 1. The fraction of sp³-hybridized carbons (Fsp3) is 0.227. The van der Waals surface area contributed by atoms with E-state index in [4.69, 9.17) is 25.6 Å². The van der Waals surface area contributed by atoms with E-state index < -0.39 is 0 Å². The molecule has 0 spiro atoms. The number of carbonyl (C=O) groups is 1. The van der Waals surface area contributed by atoms with Gasteiger partial charge in [-0.15, -0.1) is 0 Å². The summed E-state index contributed by atoms with van der Waals surface area (Å²) in [5.74, 6) is 1.75. The number of rotatable bonds is 6. The maximum absolute atomic E-state index is 12.8. The van der Waals surface area contributed by atoms with Crippen LogP contribution in [0.5, 0.6) is 11.5 Å². The molecule has 9 heteroatoms. The Morgan fingerprint density at radius 3 is 2.71 bits per heavy atom. The molecule has 2 heterocycles. The van der Waals surface area contributed by atoms with Gasteiger partial charge in [0.05, 0.1) is 29.4 Å². The minimum atomic E-state index is -0.319. The molecular weight excluding hydrogens is 420 g/mol. The van der Waals surface area contributed by atoms with Crippen molar-refractivity contribution in [1.29, 1.82) is 0 Å². The molecule has 160 valence electrons.